The molecular formula is C31H46O4S. The van der Waals surface area contributed by atoms with E-state index in [2.05, 4.69) is 33.8 Å². The molecule has 0 aromatic heterocycles. The van der Waals surface area contributed by atoms with Crippen LogP contribution in [0.3, 0.4) is 0 Å². The molecule has 5 heteroatoms. The third-order valence-corrected chi connectivity index (χ3v) is 8.88. The SMILES string of the molecule is CCCCCCCCc1cc2c(cc1C(C)=CC=CC(C)=CC(=O)OCC)C(C)(C)CCCS2(=O)=O. The average molecular weight is 515 g/mol. The van der Waals surface area contributed by atoms with Crippen LogP contribution in [-0.4, -0.2) is 26.7 Å². The maximum absolute atomic E-state index is 13.2. The summed E-state index contributed by atoms with van der Waals surface area (Å²) in [4.78, 5) is 12.2. The van der Waals surface area contributed by atoms with Crippen molar-refractivity contribution in [1.29, 1.82) is 0 Å². The first-order chi connectivity index (χ1) is 17.0. The molecule has 0 amide bonds. The van der Waals surface area contributed by atoms with Gasteiger partial charge in [0.25, 0.3) is 0 Å². The molecule has 1 aliphatic heterocycles. The Kier molecular flexibility index (Phi) is 11.7. The first-order valence-electron chi connectivity index (χ1n) is 13.6. The van der Waals surface area contributed by atoms with Crippen molar-refractivity contribution < 1.29 is 17.9 Å². The number of rotatable bonds is 12. The summed E-state index contributed by atoms with van der Waals surface area (Å²) < 4.78 is 31.3. The van der Waals surface area contributed by atoms with Crippen molar-refractivity contribution in [1.82, 2.24) is 0 Å². The maximum atomic E-state index is 13.2. The molecule has 0 saturated carbocycles. The van der Waals surface area contributed by atoms with Gasteiger partial charge < -0.3 is 4.74 Å². The van der Waals surface area contributed by atoms with E-state index in [9.17, 15) is 13.2 Å². The summed E-state index contributed by atoms with van der Waals surface area (Å²) in [6.45, 7) is 12.6. The normalized spacial score (nSPS) is 17.6. The first kappa shape index (κ1) is 30.1. The number of aryl methyl sites for hydroxylation is 1. The summed E-state index contributed by atoms with van der Waals surface area (Å²) in [6.07, 6.45) is 17.0. The van der Waals surface area contributed by atoms with Crippen LogP contribution in [0.1, 0.15) is 110 Å². The zero-order valence-electron chi connectivity index (χ0n) is 23.3. The van der Waals surface area contributed by atoms with Gasteiger partial charge in [0, 0.05) is 6.08 Å². The van der Waals surface area contributed by atoms with Gasteiger partial charge in [-0.2, -0.15) is 0 Å². The van der Waals surface area contributed by atoms with Gasteiger partial charge in [0.2, 0.25) is 0 Å². The largest absolute Gasteiger partial charge is 0.463 e. The number of carbonyl (C=O) groups excluding carboxylic acids is 1. The highest BCUT2D eigenvalue weighted by molar-refractivity contribution is 7.91. The monoisotopic (exact) mass is 514 g/mol. The zero-order chi connectivity index (χ0) is 26.8. The minimum absolute atomic E-state index is 0.193. The predicted molar refractivity (Wildman–Crippen MR) is 151 cm³/mol. The number of hydrogen-bond acceptors (Lipinski definition) is 4. The Bertz CT molecular complexity index is 1090. The molecule has 36 heavy (non-hydrogen) atoms. The Balaban J connectivity index is 2.43. The van der Waals surface area contributed by atoms with E-state index in [0.29, 0.717) is 17.9 Å². The summed E-state index contributed by atoms with van der Waals surface area (Å²) in [7, 11) is -3.29. The van der Waals surface area contributed by atoms with Crippen LogP contribution in [0.25, 0.3) is 5.57 Å². The molecule has 0 fully saturated rings. The number of sulfone groups is 1. The van der Waals surface area contributed by atoms with Crippen molar-refractivity contribution in [2.75, 3.05) is 12.4 Å². The molecule has 1 aromatic carbocycles. The molecule has 2 rings (SSSR count). The number of unbranched alkanes of at least 4 members (excludes halogenated alkanes) is 5. The molecule has 200 valence electrons. The third-order valence-electron chi connectivity index (χ3n) is 7.05. The summed E-state index contributed by atoms with van der Waals surface area (Å²) in [5, 5.41) is 0. The minimum Gasteiger partial charge on any atom is -0.463 e. The number of allylic oxidation sites excluding steroid dienone is 5. The van der Waals surface area contributed by atoms with Crippen LogP contribution in [0.5, 0.6) is 0 Å². The lowest BCUT2D eigenvalue weighted by atomic mass is 9.78. The van der Waals surface area contributed by atoms with Gasteiger partial charge in [-0.3, -0.25) is 0 Å². The predicted octanol–water partition coefficient (Wildman–Crippen LogP) is 7.90. The molecule has 0 aliphatic carbocycles. The lowest BCUT2D eigenvalue weighted by molar-refractivity contribution is -0.137. The number of carbonyl (C=O) groups is 1. The summed E-state index contributed by atoms with van der Waals surface area (Å²) >= 11 is 0. The second-order valence-corrected chi connectivity index (χ2v) is 12.8. The molecule has 0 spiro atoms. The van der Waals surface area contributed by atoms with Gasteiger partial charge >= 0.3 is 5.97 Å². The van der Waals surface area contributed by atoms with E-state index in [1.807, 2.05) is 31.2 Å². The van der Waals surface area contributed by atoms with Crippen molar-refractivity contribution >= 4 is 21.4 Å². The number of esters is 1. The van der Waals surface area contributed by atoms with Gasteiger partial charge in [-0.05, 0) is 91.8 Å². The molecule has 1 aliphatic rings. The Hall–Kier alpha value is -2.14. The van der Waals surface area contributed by atoms with Crippen molar-refractivity contribution in [3.63, 3.8) is 0 Å². The lowest BCUT2D eigenvalue weighted by Crippen LogP contribution is -2.19. The average Bonchev–Trinajstić information content (AvgIpc) is 2.88. The molecule has 0 N–H and O–H groups in total. The van der Waals surface area contributed by atoms with Crippen molar-refractivity contribution in [2.45, 2.75) is 110 Å². The fourth-order valence-electron chi connectivity index (χ4n) is 4.88. The summed E-state index contributed by atoms with van der Waals surface area (Å²) in [6, 6.07) is 4.12. The Morgan fingerprint density at radius 3 is 2.44 bits per heavy atom. The standard InChI is InChI=1S/C31H46O4S/c1-7-9-10-11-12-13-18-26-22-29-28(31(5,6)19-15-20-36(29,33)34)23-27(26)25(4)17-14-16-24(3)21-30(32)35-8-2/h14,16-17,21-23H,7-13,15,18-20H2,1-6H3. The third kappa shape index (κ3) is 8.76. The quantitative estimate of drug-likeness (QED) is 0.123. The maximum Gasteiger partial charge on any atom is 0.330 e. The molecule has 0 radical (unpaired) electrons. The van der Waals surface area contributed by atoms with Crippen LogP contribution in [-0.2, 0) is 31.2 Å². The molecule has 0 atom stereocenters. The van der Waals surface area contributed by atoms with Gasteiger partial charge in [-0.15, -0.1) is 0 Å². The Labute approximate surface area is 219 Å². The summed E-state index contributed by atoms with van der Waals surface area (Å²) in [5.41, 5.74) is 4.91. The van der Waals surface area contributed by atoms with Crippen LogP contribution in [0, 0.1) is 0 Å². The van der Waals surface area contributed by atoms with E-state index in [4.69, 9.17) is 4.74 Å². The van der Waals surface area contributed by atoms with E-state index in [1.54, 1.807) is 6.92 Å². The van der Waals surface area contributed by atoms with Crippen molar-refractivity contribution in [3.05, 3.63) is 58.7 Å². The Morgan fingerprint density at radius 1 is 1.06 bits per heavy atom. The van der Waals surface area contributed by atoms with Crippen LogP contribution < -0.4 is 0 Å². The molecule has 0 saturated heterocycles. The molecule has 4 nitrogen and oxygen atoms in total. The van der Waals surface area contributed by atoms with Gasteiger partial charge in [0.05, 0.1) is 17.3 Å². The van der Waals surface area contributed by atoms with Crippen LogP contribution in [0.4, 0.5) is 0 Å². The van der Waals surface area contributed by atoms with Gasteiger partial charge in [-0.25, -0.2) is 13.2 Å². The number of hydrogen-bond donors (Lipinski definition) is 0. The highest BCUT2D eigenvalue weighted by Crippen LogP contribution is 2.40. The van der Waals surface area contributed by atoms with E-state index >= 15 is 0 Å². The lowest BCUT2D eigenvalue weighted by Gasteiger charge is -2.27. The molecule has 1 aromatic rings. The highest BCUT2D eigenvalue weighted by atomic mass is 32.2. The molecule has 0 unspecified atom stereocenters. The van der Waals surface area contributed by atoms with Gasteiger partial charge in [0.15, 0.2) is 9.84 Å². The van der Waals surface area contributed by atoms with E-state index in [1.165, 1.54) is 31.8 Å². The van der Waals surface area contributed by atoms with Gasteiger partial charge in [0.1, 0.15) is 0 Å². The zero-order valence-corrected chi connectivity index (χ0v) is 24.1. The second-order valence-electron chi connectivity index (χ2n) is 10.7. The van der Waals surface area contributed by atoms with Gasteiger partial charge in [-0.1, -0.05) is 71.1 Å². The number of benzene rings is 1. The van der Waals surface area contributed by atoms with Crippen LogP contribution >= 0.6 is 0 Å². The number of ether oxygens (including phenoxy) is 1. The van der Waals surface area contributed by atoms with Crippen LogP contribution in [0.2, 0.25) is 0 Å². The number of fused-ring (bicyclic) bond motifs is 1. The molecule has 1 heterocycles. The topological polar surface area (TPSA) is 60.4 Å². The summed E-state index contributed by atoms with van der Waals surface area (Å²) in [5.74, 6) is -0.112. The Morgan fingerprint density at radius 2 is 1.75 bits per heavy atom. The van der Waals surface area contributed by atoms with Crippen LogP contribution in [0.15, 0.2) is 46.9 Å². The van der Waals surface area contributed by atoms with E-state index in [0.717, 1.165) is 53.5 Å². The van der Waals surface area contributed by atoms with E-state index in [-0.39, 0.29) is 17.1 Å². The van der Waals surface area contributed by atoms with E-state index < -0.39 is 9.84 Å². The first-order valence-corrected chi connectivity index (χ1v) is 15.3. The molecule has 0 bridgehead atoms. The fraction of sp³-hybridized carbons (Fsp3) is 0.581. The highest BCUT2D eigenvalue weighted by Gasteiger charge is 2.33. The second kappa shape index (κ2) is 14.0. The van der Waals surface area contributed by atoms with Crippen molar-refractivity contribution in [3.8, 4) is 0 Å². The molecular weight excluding hydrogens is 468 g/mol. The minimum atomic E-state index is -3.29. The van der Waals surface area contributed by atoms with Crippen molar-refractivity contribution in [2.24, 2.45) is 0 Å². The smallest absolute Gasteiger partial charge is 0.330 e. The fourth-order valence-corrected chi connectivity index (χ4v) is 6.61.